The summed E-state index contributed by atoms with van der Waals surface area (Å²) in [5.74, 6) is 0. The highest BCUT2D eigenvalue weighted by Gasteiger charge is 2.37. The molecule has 0 N–H and O–H groups in total. The van der Waals surface area contributed by atoms with Crippen LogP contribution in [0.3, 0.4) is 0 Å². The summed E-state index contributed by atoms with van der Waals surface area (Å²) < 4.78 is 0. The second kappa shape index (κ2) is 12.9. The molecule has 0 aromatic heterocycles. The van der Waals surface area contributed by atoms with Gasteiger partial charge in [0.1, 0.15) is 0 Å². The lowest BCUT2D eigenvalue weighted by Gasteiger charge is -2.24. The Kier molecular flexibility index (Phi) is 7.38. The van der Waals surface area contributed by atoms with Crippen LogP contribution >= 0.6 is 0 Å². The van der Waals surface area contributed by atoms with Gasteiger partial charge in [-0.2, -0.15) is 0 Å². The van der Waals surface area contributed by atoms with Crippen molar-refractivity contribution in [1.82, 2.24) is 0 Å². The molecule has 0 amide bonds. The fourth-order valence-corrected chi connectivity index (χ4v) is 10.5. The molecule has 0 saturated carbocycles. The summed E-state index contributed by atoms with van der Waals surface area (Å²) >= 11 is 0. The fourth-order valence-electron chi connectivity index (χ4n) is 10.5. The lowest BCUT2D eigenvalue weighted by Crippen LogP contribution is -2.15. The zero-order valence-electron chi connectivity index (χ0n) is 33.1. The minimum absolute atomic E-state index is 0.224. The lowest BCUT2D eigenvalue weighted by molar-refractivity contribution is 0.661. The Balaban J connectivity index is 1.11. The Labute approximate surface area is 344 Å². The average Bonchev–Trinajstić information content (AvgIpc) is 3.51. The number of benzene rings is 11. The van der Waals surface area contributed by atoms with Crippen molar-refractivity contribution in [1.29, 1.82) is 0 Å². The molecule has 11 aromatic carbocycles. The Morgan fingerprint density at radius 3 is 1.17 bits per heavy atom. The zero-order chi connectivity index (χ0) is 39.2. The molecule has 1 aliphatic rings. The van der Waals surface area contributed by atoms with Crippen LogP contribution in [0.4, 0.5) is 0 Å². The molecular weight excluding hydrogens is 709 g/mol. The maximum atomic E-state index is 2.54. The molecule has 0 heterocycles. The molecule has 12 rings (SSSR count). The number of hydrogen-bond donors (Lipinski definition) is 0. The summed E-state index contributed by atoms with van der Waals surface area (Å²) in [5, 5.41) is 12.8. The Morgan fingerprint density at radius 1 is 0.254 bits per heavy atom. The van der Waals surface area contributed by atoms with Crippen molar-refractivity contribution in [3.05, 3.63) is 217 Å². The normalized spacial score (nSPS) is 13.1. The standard InChI is InChI=1S/C59H40/c1-59(2)53-34-42(58-48-27-15-13-25-46(48)57(47-26-14-16-28-49(47)58)41-30-29-37-17-9-10-22-40(37)33-41)31-32-43(53)50-35-51-52(36-54(50)59)56(39-20-7-4-8-21-39)45-24-12-11-23-44(45)55(51)38-18-5-3-6-19-38/h3-36H,1-2H3. The minimum atomic E-state index is -0.224. The first kappa shape index (κ1) is 33.8. The second-order valence-corrected chi connectivity index (χ2v) is 16.8. The minimum Gasteiger partial charge on any atom is -0.0622 e. The van der Waals surface area contributed by atoms with Crippen LogP contribution in [0, 0.1) is 0 Å². The van der Waals surface area contributed by atoms with Gasteiger partial charge in [-0.05, 0) is 145 Å². The number of fused-ring (bicyclic) bond motifs is 8. The van der Waals surface area contributed by atoms with Crippen molar-refractivity contribution < 1.29 is 0 Å². The molecule has 0 unspecified atom stereocenters. The quantitative estimate of drug-likeness (QED) is 0.157. The molecule has 0 fully saturated rings. The Hall–Kier alpha value is -7.28. The van der Waals surface area contributed by atoms with Gasteiger partial charge in [0.05, 0.1) is 0 Å². The summed E-state index contributed by atoms with van der Waals surface area (Å²) in [4.78, 5) is 0. The summed E-state index contributed by atoms with van der Waals surface area (Å²) in [6.07, 6.45) is 0. The molecule has 0 aliphatic heterocycles. The van der Waals surface area contributed by atoms with Crippen molar-refractivity contribution in [2.75, 3.05) is 0 Å². The number of rotatable bonds is 4. The van der Waals surface area contributed by atoms with E-state index in [2.05, 4.69) is 220 Å². The van der Waals surface area contributed by atoms with Crippen LogP contribution in [-0.4, -0.2) is 0 Å². The van der Waals surface area contributed by atoms with E-state index in [0.29, 0.717) is 0 Å². The van der Waals surface area contributed by atoms with Gasteiger partial charge in [-0.25, -0.2) is 0 Å². The highest BCUT2D eigenvalue weighted by molar-refractivity contribution is 6.24. The SMILES string of the molecule is CC1(C)c2cc(-c3c4ccccc4c(-c4ccc5ccccc5c4)c4ccccc34)ccc2-c2cc3c(-c4ccccc4)c4ccccc4c(-c4ccccc4)c3cc21. The van der Waals surface area contributed by atoms with Crippen molar-refractivity contribution in [3.63, 3.8) is 0 Å². The summed E-state index contributed by atoms with van der Waals surface area (Å²) in [6.45, 7) is 4.85. The van der Waals surface area contributed by atoms with E-state index in [-0.39, 0.29) is 5.41 Å². The average molecular weight is 749 g/mol. The Bertz CT molecular complexity index is 3440. The third kappa shape index (κ3) is 5.03. The number of hydrogen-bond acceptors (Lipinski definition) is 0. The molecule has 0 bridgehead atoms. The van der Waals surface area contributed by atoms with E-state index in [0.717, 1.165) is 0 Å². The summed E-state index contributed by atoms with van der Waals surface area (Å²) in [5.41, 5.74) is 15.4. The van der Waals surface area contributed by atoms with Crippen LogP contribution in [0.5, 0.6) is 0 Å². The molecule has 0 nitrogen and oxygen atoms in total. The molecule has 0 spiro atoms. The smallest absolute Gasteiger partial charge is 0.0159 e. The molecule has 0 heteroatoms. The van der Waals surface area contributed by atoms with E-state index in [1.165, 1.54) is 121 Å². The molecule has 1 aliphatic carbocycles. The second-order valence-electron chi connectivity index (χ2n) is 16.8. The molecule has 276 valence electrons. The van der Waals surface area contributed by atoms with Gasteiger partial charge in [0.2, 0.25) is 0 Å². The van der Waals surface area contributed by atoms with Gasteiger partial charge in [0, 0.05) is 5.41 Å². The maximum absolute atomic E-state index is 2.54. The van der Waals surface area contributed by atoms with Gasteiger partial charge < -0.3 is 0 Å². The summed E-state index contributed by atoms with van der Waals surface area (Å²) in [7, 11) is 0. The molecular formula is C59H40. The van der Waals surface area contributed by atoms with Gasteiger partial charge in [-0.3, -0.25) is 0 Å². The van der Waals surface area contributed by atoms with Gasteiger partial charge in [0.25, 0.3) is 0 Å². The van der Waals surface area contributed by atoms with Gasteiger partial charge in [0.15, 0.2) is 0 Å². The third-order valence-corrected chi connectivity index (χ3v) is 13.2. The van der Waals surface area contributed by atoms with E-state index < -0.39 is 0 Å². The zero-order valence-corrected chi connectivity index (χ0v) is 33.1. The third-order valence-electron chi connectivity index (χ3n) is 13.2. The molecule has 11 aromatic rings. The van der Waals surface area contributed by atoms with E-state index >= 15 is 0 Å². The van der Waals surface area contributed by atoms with Crippen molar-refractivity contribution in [2.24, 2.45) is 0 Å². The molecule has 59 heavy (non-hydrogen) atoms. The van der Waals surface area contributed by atoms with Crippen LogP contribution in [0.15, 0.2) is 206 Å². The Morgan fingerprint density at radius 2 is 0.644 bits per heavy atom. The predicted octanol–water partition coefficient (Wildman–Crippen LogP) is 16.4. The summed E-state index contributed by atoms with van der Waals surface area (Å²) in [6, 6.07) is 76.9. The van der Waals surface area contributed by atoms with Crippen LogP contribution in [-0.2, 0) is 5.41 Å². The van der Waals surface area contributed by atoms with E-state index in [1.807, 2.05) is 0 Å². The molecule has 0 saturated heterocycles. The van der Waals surface area contributed by atoms with Crippen LogP contribution in [0.25, 0.3) is 109 Å². The molecule has 0 atom stereocenters. The monoisotopic (exact) mass is 748 g/mol. The first-order valence-electron chi connectivity index (χ1n) is 20.8. The van der Waals surface area contributed by atoms with Crippen molar-refractivity contribution in [3.8, 4) is 55.6 Å². The maximum Gasteiger partial charge on any atom is 0.0159 e. The van der Waals surface area contributed by atoms with Gasteiger partial charge in [-0.15, -0.1) is 0 Å². The van der Waals surface area contributed by atoms with Gasteiger partial charge in [-0.1, -0.05) is 196 Å². The first-order valence-corrected chi connectivity index (χ1v) is 20.8. The lowest BCUT2D eigenvalue weighted by atomic mass is 9.79. The highest BCUT2D eigenvalue weighted by atomic mass is 14.4. The fraction of sp³-hybridized carbons (Fsp3) is 0.0508. The van der Waals surface area contributed by atoms with E-state index in [9.17, 15) is 0 Å². The topological polar surface area (TPSA) is 0 Å². The first-order chi connectivity index (χ1) is 29.0. The van der Waals surface area contributed by atoms with Crippen LogP contribution in [0.2, 0.25) is 0 Å². The largest absolute Gasteiger partial charge is 0.0622 e. The molecule has 0 radical (unpaired) electrons. The van der Waals surface area contributed by atoms with E-state index in [1.54, 1.807) is 0 Å². The van der Waals surface area contributed by atoms with Crippen LogP contribution in [0.1, 0.15) is 25.0 Å². The van der Waals surface area contributed by atoms with Crippen molar-refractivity contribution in [2.45, 2.75) is 19.3 Å². The highest BCUT2D eigenvalue weighted by Crippen LogP contribution is 2.55. The van der Waals surface area contributed by atoms with Crippen molar-refractivity contribution >= 4 is 53.9 Å². The predicted molar refractivity (Wildman–Crippen MR) is 253 cm³/mol. The van der Waals surface area contributed by atoms with Crippen LogP contribution < -0.4 is 0 Å². The van der Waals surface area contributed by atoms with Gasteiger partial charge >= 0.3 is 0 Å². The van der Waals surface area contributed by atoms with E-state index in [4.69, 9.17) is 0 Å².